The molecule has 7 nitrogen and oxygen atoms in total. The summed E-state index contributed by atoms with van der Waals surface area (Å²) >= 11 is 1.76. The first-order valence-electron chi connectivity index (χ1n) is 10.6. The molecule has 3 rings (SSSR count). The van der Waals surface area contributed by atoms with Crippen molar-refractivity contribution in [3.63, 3.8) is 0 Å². The molecule has 1 aromatic heterocycles. The van der Waals surface area contributed by atoms with Gasteiger partial charge in [0.15, 0.2) is 11.1 Å². The number of piperidine rings is 1. The number of anilines is 1. The Kier molecular flexibility index (Phi) is 10.5. The number of hydrogen-bond donors (Lipinski definition) is 2. The molecule has 0 spiro atoms. The maximum Gasteiger partial charge on any atom is 0.220 e. The van der Waals surface area contributed by atoms with Crippen molar-refractivity contribution in [2.75, 3.05) is 51.2 Å². The number of carbonyl (C=O) groups is 1. The molecule has 0 radical (unpaired) electrons. The molecule has 29 heavy (non-hydrogen) atoms. The topological polar surface area (TPSA) is 72.9 Å². The van der Waals surface area contributed by atoms with Gasteiger partial charge < -0.3 is 20.4 Å². The lowest BCUT2D eigenvalue weighted by molar-refractivity contribution is -0.121. The van der Waals surface area contributed by atoms with Crippen molar-refractivity contribution in [2.24, 2.45) is 10.9 Å². The highest BCUT2D eigenvalue weighted by molar-refractivity contribution is 14.0. The molecule has 2 N–H and O–H groups in total. The second-order valence-corrected chi connectivity index (χ2v) is 8.45. The molecule has 0 aromatic carbocycles. The van der Waals surface area contributed by atoms with Gasteiger partial charge in [0.2, 0.25) is 5.91 Å². The summed E-state index contributed by atoms with van der Waals surface area (Å²) in [6.45, 7) is 7.94. The minimum absolute atomic E-state index is 0. The first kappa shape index (κ1) is 24.2. The molecule has 0 saturated carbocycles. The van der Waals surface area contributed by atoms with Crippen LogP contribution in [0.4, 0.5) is 5.13 Å². The van der Waals surface area contributed by atoms with Crippen LogP contribution in [0.3, 0.4) is 0 Å². The lowest BCUT2D eigenvalue weighted by Gasteiger charge is -2.34. The van der Waals surface area contributed by atoms with Gasteiger partial charge in [-0.25, -0.2) is 4.98 Å². The molecule has 2 saturated heterocycles. The number of hydrogen-bond acceptors (Lipinski definition) is 5. The van der Waals surface area contributed by atoms with Gasteiger partial charge in [0.05, 0.1) is 5.69 Å². The Morgan fingerprint density at radius 2 is 2.00 bits per heavy atom. The van der Waals surface area contributed by atoms with Gasteiger partial charge >= 0.3 is 0 Å². The first-order valence-corrected chi connectivity index (χ1v) is 11.5. The number of aliphatic imine (C=N–C) groups is 1. The summed E-state index contributed by atoms with van der Waals surface area (Å²) in [6.07, 6.45) is 6.18. The van der Waals surface area contributed by atoms with E-state index in [0.29, 0.717) is 12.3 Å². The highest BCUT2D eigenvalue weighted by Crippen LogP contribution is 2.24. The molecule has 0 aliphatic carbocycles. The van der Waals surface area contributed by atoms with Gasteiger partial charge in [0.1, 0.15) is 0 Å². The van der Waals surface area contributed by atoms with Crippen LogP contribution in [-0.2, 0) is 11.2 Å². The van der Waals surface area contributed by atoms with E-state index in [1.54, 1.807) is 18.4 Å². The van der Waals surface area contributed by atoms with Crippen molar-refractivity contribution in [3.8, 4) is 0 Å². The fourth-order valence-electron chi connectivity index (χ4n) is 3.88. The van der Waals surface area contributed by atoms with E-state index in [0.717, 1.165) is 70.2 Å². The van der Waals surface area contributed by atoms with Crippen molar-refractivity contribution in [3.05, 3.63) is 11.1 Å². The van der Waals surface area contributed by atoms with Crippen molar-refractivity contribution < 1.29 is 4.79 Å². The fourth-order valence-corrected chi connectivity index (χ4v) is 4.79. The zero-order valence-electron chi connectivity index (χ0n) is 17.7. The maximum absolute atomic E-state index is 11.6. The summed E-state index contributed by atoms with van der Waals surface area (Å²) in [7, 11) is 1.71. The first-order chi connectivity index (χ1) is 13.7. The number of rotatable bonds is 7. The van der Waals surface area contributed by atoms with E-state index in [2.05, 4.69) is 32.7 Å². The Hall–Kier alpha value is -1.10. The Morgan fingerprint density at radius 1 is 1.28 bits per heavy atom. The van der Waals surface area contributed by atoms with Gasteiger partial charge in [-0.05, 0) is 38.5 Å². The average Bonchev–Trinajstić information content (AvgIpc) is 3.40. The molecule has 2 aliphatic heterocycles. The summed E-state index contributed by atoms with van der Waals surface area (Å²) in [4.78, 5) is 26.0. The number of nitrogens with zero attached hydrogens (tertiary/aromatic N) is 4. The minimum atomic E-state index is 0. The van der Waals surface area contributed by atoms with Crippen LogP contribution in [0.15, 0.2) is 10.4 Å². The lowest BCUT2D eigenvalue weighted by atomic mass is 9.93. The van der Waals surface area contributed by atoms with Crippen molar-refractivity contribution in [1.29, 1.82) is 0 Å². The molecule has 0 bridgehead atoms. The van der Waals surface area contributed by atoms with E-state index in [-0.39, 0.29) is 29.9 Å². The van der Waals surface area contributed by atoms with E-state index in [4.69, 9.17) is 9.98 Å². The van der Waals surface area contributed by atoms with Crippen molar-refractivity contribution in [2.45, 2.75) is 45.4 Å². The third kappa shape index (κ3) is 7.27. The van der Waals surface area contributed by atoms with Crippen LogP contribution in [0.25, 0.3) is 0 Å². The predicted molar refractivity (Wildman–Crippen MR) is 132 cm³/mol. The van der Waals surface area contributed by atoms with E-state index in [9.17, 15) is 4.79 Å². The summed E-state index contributed by atoms with van der Waals surface area (Å²) in [6, 6.07) is 0. The quantitative estimate of drug-likeness (QED) is 0.320. The van der Waals surface area contributed by atoms with Crippen LogP contribution in [-0.4, -0.2) is 68.1 Å². The molecule has 2 fully saturated rings. The number of likely N-dealkylation sites (tertiary alicyclic amines) is 1. The second kappa shape index (κ2) is 12.6. The Morgan fingerprint density at radius 3 is 2.66 bits per heavy atom. The van der Waals surface area contributed by atoms with Gasteiger partial charge in [0.25, 0.3) is 0 Å². The van der Waals surface area contributed by atoms with Gasteiger partial charge in [-0.3, -0.25) is 9.79 Å². The molecule has 1 aromatic rings. The predicted octanol–water partition coefficient (Wildman–Crippen LogP) is 2.72. The monoisotopic (exact) mass is 534 g/mol. The molecule has 1 amide bonds. The molecule has 0 atom stereocenters. The molecule has 2 aliphatic rings. The molecule has 0 unspecified atom stereocenters. The Bertz CT molecular complexity index is 653. The van der Waals surface area contributed by atoms with E-state index in [1.807, 2.05) is 0 Å². The van der Waals surface area contributed by atoms with Gasteiger partial charge in [-0.2, -0.15) is 0 Å². The molecule has 164 valence electrons. The van der Waals surface area contributed by atoms with Gasteiger partial charge in [-0.15, -0.1) is 35.3 Å². The number of thiazole rings is 1. The largest absolute Gasteiger partial charge is 0.359 e. The van der Waals surface area contributed by atoms with Crippen LogP contribution in [0.2, 0.25) is 0 Å². The van der Waals surface area contributed by atoms with Crippen molar-refractivity contribution >= 4 is 52.3 Å². The summed E-state index contributed by atoms with van der Waals surface area (Å²) in [5, 5.41) is 9.51. The number of nitrogens with one attached hydrogen (secondary N) is 2. The van der Waals surface area contributed by atoms with Crippen LogP contribution >= 0.6 is 35.3 Å². The summed E-state index contributed by atoms with van der Waals surface area (Å²) in [5.41, 5.74) is 1.15. The summed E-state index contributed by atoms with van der Waals surface area (Å²) in [5.74, 6) is 1.63. The van der Waals surface area contributed by atoms with Crippen LogP contribution < -0.4 is 15.5 Å². The van der Waals surface area contributed by atoms with Crippen LogP contribution in [0.5, 0.6) is 0 Å². The molecular weight excluding hydrogens is 499 g/mol. The molecule has 9 heteroatoms. The Labute approximate surface area is 195 Å². The highest BCUT2D eigenvalue weighted by atomic mass is 127. The van der Waals surface area contributed by atoms with Gasteiger partial charge in [0, 0.05) is 64.5 Å². The maximum atomic E-state index is 11.6. The van der Waals surface area contributed by atoms with E-state index < -0.39 is 0 Å². The summed E-state index contributed by atoms with van der Waals surface area (Å²) < 4.78 is 0. The Balaban J connectivity index is 0.00000300. The third-order valence-electron chi connectivity index (χ3n) is 5.55. The van der Waals surface area contributed by atoms with E-state index in [1.165, 1.54) is 18.0 Å². The lowest BCUT2D eigenvalue weighted by Crippen LogP contribution is -2.46. The third-order valence-corrected chi connectivity index (χ3v) is 6.50. The minimum Gasteiger partial charge on any atom is -0.359 e. The fraction of sp³-hybridized carbons (Fsp3) is 0.750. The smallest absolute Gasteiger partial charge is 0.220 e. The zero-order valence-corrected chi connectivity index (χ0v) is 20.8. The van der Waals surface area contributed by atoms with Crippen molar-refractivity contribution in [1.82, 2.24) is 20.5 Å². The normalized spacial score (nSPS) is 17.9. The number of carbonyl (C=O) groups excluding carboxylic acids is 1. The van der Waals surface area contributed by atoms with Crippen LogP contribution in [0.1, 0.15) is 44.7 Å². The van der Waals surface area contributed by atoms with Gasteiger partial charge in [-0.1, -0.05) is 0 Å². The number of guanidine groups is 1. The number of amides is 1. The molecule has 3 heterocycles. The van der Waals surface area contributed by atoms with E-state index >= 15 is 0 Å². The zero-order chi connectivity index (χ0) is 19.8. The average molecular weight is 535 g/mol. The number of halogens is 1. The highest BCUT2D eigenvalue weighted by Gasteiger charge is 2.23. The standard InChI is InChI=1S/C20H34N6OS.HI/c1-3-22-19(25-12-7-16(8-13-25)14-18(27)21-2)23-9-6-17-15-28-20(24-17)26-10-4-5-11-26;/h15-16H,3-14H2,1-2H3,(H,21,27)(H,22,23);1H. The second-order valence-electron chi connectivity index (χ2n) is 7.61. The van der Waals surface area contributed by atoms with Crippen LogP contribution in [0, 0.1) is 5.92 Å². The number of aromatic nitrogens is 1. The SMILES string of the molecule is CCNC(=NCCc1csc(N2CCCC2)n1)N1CCC(CC(=O)NC)CC1.I. The molecular formula is C20H35IN6OS.